The zero-order valence-corrected chi connectivity index (χ0v) is 16.7. The van der Waals surface area contributed by atoms with Crippen LogP contribution in [0.15, 0.2) is 75.9 Å². The summed E-state index contributed by atoms with van der Waals surface area (Å²) in [4.78, 5) is 39.9. The highest BCUT2D eigenvalue weighted by Crippen LogP contribution is 2.33. The van der Waals surface area contributed by atoms with Crippen LogP contribution in [0.25, 0.3) is 33.5 Å². The van der Waals surface area contributed by atoms with Crippen LogP contribution in [0.4, 0.5) is 0 Å². The van der Waals surface area contributed by atoms with Crippen LogP contribution in [0, 0.1) is 0 Å². The third-order valence-corrected chi connectivity index (χ3v) is 4.43. The average molecular weight is 415 g/mol. The molecule has 0 bridgehead atoms. The van der Waals surface area contributed by atoms with Crippen molar-refractivity contribution in [3.05, 3.63) is 77.2 Å². The van der Waals surface area contributed by atoms with E-state index in [-0.39, 0.29) is 23.0 Å². The molecule has 1 aromatic heterocycles. The Labute approximate surface area is 176 Å². The van der Waals surface area contributed by atoms with Crippen LogP contribution in [-0.4, -0.2) is 16.9 Å². The smallest absolute Gasteiger partial charge is 0.347 e. The van der Waals surface area contributed by atoms with Gasteiger partial charge in [-0.2, -0.15) is 0 Å². The zero-order chi connectivity index (χ0) is 22.0. The van der Waals surface area contributed by atoms with Crippen molar-refractivity contribution in [2.45, 2.75) is 13.8 Å². The Morgan fingerprint density at radius 2 is 1.58 bits per heavy atom. The average Bonchev–Trinajstić information content (AvgIpc) is 2.73. The van der Waals surface area contributed by atoms with Gasteiger partial charge in [-0.25, -0.2) is 9.78 Å². The van der Waals surface area contributed by atoms with Gasteiger partial charge >= 0.3 is 17.6 Å². The molecule has 0 N–H and O–H groups in total. The number of hydrogen-bond donors (Lipinski definition) is 0. The zero-order valence-electron chi connectivity index (χ0n) is 16.7. The molecule has 0 unspecified atom stereocenters. The van der Waals surface area contributed by atoms with Crippen molar-refractivity contribution in [1.82, 2.24) is 4.98 Å². The van der Waals surface area contributed by atoms with Crippen molar-refractivity contribution in [1.29, 1.82) is 0 Å². The molecule has 1 heterocycles. The summed E-state index contributed by atoms with van der Waals surface area (Å²) < 4.78 is 15.7. The molecule has 0 fully saturated rings. The summed E-state index contributed by atoms with van der Waals surface area (Å²) in [5.41, 5.74) is 1.96. The maximum Gasteiger partial charge on any atom is 0.347 e. The van der Waals surface area contributed by atoms with E-state index in [2.05, 4.69) is 4.98 Å². The van der Waals surface area contributed by atoms with Crippen LogP contribution in [0.1, 0.15) is 13.8 Å². The summed E-state index contributed by atoms with van der Waals surface area (Å²) in [6.45, 7) is 2.49. The quantitative estimate of drug-likeness (QED) is 0.361. The highest BCUT2D eigenvalue weighted by atomic mass is 16.5. The summed E-state index contributed by atoms with van der Waals surface area (Å²) in [6, 6.07) is 19.3. The first-order valence-corrected chi connectivity index (χ1v) is 9.42. The van der Waals surface area contributed by atoms with E-state index >= 15 is 0 Å². The molecule has 0 atom stereocenters. The fourth-order valence-electron chi connectivity index (χ4n) is 3.15. The van der Waals surface area contributed by atoms with Crippen molar-refractivity contribution >= 4 is 22.8 Å². The number of carbonyl (C=O) groups is 2. The molecule has 0 saturated carbocycles. The lowest BCUT2D eigenvalue weighted by molar-refractivity contribution is -0.132. The summed E-state index contributed by atoms with van der Waals surface area (Å²) in [5, 5.41) is 0.329. The number of ether oxygens (including phenoxy) is 2. The van der Waals surface area contributed by atoms with Crippen molar-refractivity contribution in [3.63, 3.8) is 0 Å². The van der Waals surface area contributed by atoms with Gasteiger partial charge in [0.15, 0.2) is 0 Å². The van der Waals surface area contributed by atoms with Gasteiger partial charge in [-0.1, -0.05) is 36.4 Å². The van der Waals surface area contributed by atoms with Crippen molar-refractivity contribution in [2.75, 3.05) is 0 Å². The number of hydrogen-bond acceptors (Lipinski definition) is 7. The SMILES string of the molecule is CC(=O)Oc1ccc(-c2nc3ccc(-c4ccccc4)cc3c(=O)o2)c(OC(C)=O)c1. The molecule has 7 heteroatoms. The first-order chi connectivity index (χ1) is 14.9. The number of esters is 2. The Bertz CT molecular complexity index is 1360. The monoisotopic (exact) mass is 415 g/mol. The van der Waals surface area contributed by atoms with Gasteiger partial charge in [0, 0.05) is 19.9 Å². The molecule has 0 radical (unpaired) electrons. The third kappa shape index (κ3) is 4.35. The number of aromatic nitrogens is 1. The lowest BCUT2D eigenvalue weighted by atomic mass is 10.0. The Kier molecular flexibility index (Phi) is 5.32. The molecule has 0 spiro atoms. The van der Waals surface area contributed by atoms with Gasteiger partial charge in [0.05, 0.1) is 16.5 Å². The van der Waals surface area contributed by atoms with Crippen LogP contribution in [0.2, 0.25) is 0 Å². The van der Waals surface area contributed by atoms with Gasteiger partial charge in [-0.05, 0) is 35.4 Å². The predicted octanol–water partition coefficient (Wildman–Crippen LogP) is 4.37. The van der Waals surface area contributed by atoms with E-state index in [1.54, 1.807) is 12.1 Å². The second-order valence-electron chi connectivity index (χ2n) is 6.75. The van der Waals surface area contributed by atoms with Gasteiger partial charge in [0.1, 0.15) is 11.5 Å². The lowest BCUT2D eigenvalue weighted by Crippen LogP contribution is -2.07. The molecule has 7 nitrogen and oxygen atoms in total. The normalized spacial score (nSPS) is 10.6. The Balaban J connectivity index is 1.82. The molecule has 154 valence electrons. The number of rotatable bonds is 4. The lowest BCUT2D eigenvalue weighted by Gasteiger charge is -2.10. The number of carbonyl (C=O) groups excluding carboxylic acids is 2. The molecule has 3 aromatic carbocycles. The molecule has 0 amide bonds. The first-order valence-electron chi connectivity index (χ1n) is 9.42. The second kappa shape index (κ2) is 8.23. The van der Waals surface area contributed by atoms with Gasteiger partial charge in [0.2, 0.25) is 5.89 Å². The Morgan fingerprint density at radius 3 is 2.29 bits per heavy atom. The number of benzene rings is 3. The highest BCUT2D eigenvalue weighted by Gasteiger charge is 2.17. The van der Waals surface area contributed by atoms with E-state index in [0.717, 1.165) is 11.1 Å². The van der Waals surface area contributed by atoms with E-state index in [0.29, 0.717) is 10.9 Å². The predicted molar refractivity (Wildman–Crippen MR) is 114 cm³/mol. The van der Waals surface area contributed by atoms with Gasteiger partial charge in [-0.3, -0.25) is 9.59 Å². The molecule has 0 saturated heterocycles. The largest absolute Gasteiger partial charge is 0.427 e. The molecule has 0 aliphatic carbocycles. The van der Waals surface area contributed by atoms with E-state index in [1.165, 1.54) is 32.0 Å². The molecule has 31 heavy (non-hydrogen) atoms. The van der Waals surface area contributed by atoms with Crippen molar-refractivity contribution < 1.29 is 23.5 Å². The van der Waals surface area contributed by atoms with Crippen molar-refractivity contribution in [3.8, 4) is 34.1 Å². The summed E-state index contributed by atoms with van der Waals surface area (Å²) in [5.74, 6) is -0.885. The topological polar surface area (TPSA) is 95.7 Å². The summed E-state index contributed by atoms with van der Waals surface area (Å²) in [7, 11) is 0. The Hall–Kier alpha value is -4.26. The first kappa shape index (κ1) is 20.0. The van der Waals surface area contributed by atoms with Gasteiger partial charge in [-0.15, -0.1) is 0 Å². The number of fused-ring (bicyclic) bond motifs is 1. The third-order valence-electron chi connectivity index (χ3n) is 4.43. The molecule has 4 aromatic rings. The highest BCUT2D eigenvalue weighted by molar-refractivity contribution is 5.85. The minimum atomic E-state index is -0.586. The Morgan fingerprint density at radius 1 is 0.839 bits per heavy atom. The van der Waals surface area contributed by atoms with Crippen LogP contribution >= 0.6 is 0 Å². The minimum absolute atomic E-state index is 0.0180. The maximum atomic E-state index is 12.7. The van der Waals surface area contributed by atoms with E-state index in [1.807, 2.05) is 36.4 Å². The van der Waals surface area contributed by atoms with E-state index in [9.17, 15) is 14.4 Å². The fourth-order valence-corrected chi connectivity index (χ4v) is 3.15. The second-order valence-corrected chi connectivity index (χ2v) is 6.75. The standard InChI is InChI=1S/C24H17NO6/c1-14(26)29-18-9-10-19(22(13-18)30-15(2)27)23-25-21-11-8-17(12-20(21)24(28)31-23)16-6-4-3-5-7-16/h3-13H,1-2H3. The fraction of sp³-hybridized carbons (Fsp3) is 0.0833. The van der Waals surface area contributed by atoms with Crippen LogP contribution in [0.5, 0.6) is 11.5 Å². The van der Waals surface area contributed by atoms with Crippen LogP contribution < -0.4 is 15.1 Å². The molecule has 4 rings (SSSR count). The summed E-state index contributed by atoms with van der Waals surface area (Å²) in [6.07, 6.45) is 0. The molecular weight excluding hydrogens is 398 g/mol. The summed E-state index contributed by atoms with van der Waals surface area (Å²) >= 11 is 0. The van der Waals surface area contributed by atoms with Crippen LogP contribution in [0.3, 0.4) is 0 Å². The molecular formula is C24H17NO6. The van der Waals surface area contributed by atoms with E-state index in [4.69, 9.17) is 13.9 Å². The van der Waals surface area contributed by atoms with Gasteiger partial charge in [0.25, 0.3) is 0 Å². The molecule has 0 aliphatic heterocycles. The van der Waals surface area contributed by atoms with Crippen molar-refractivity contribution in [2.24, 2.45) is 0 Å². The minimum Gasteiger partial charge on any atom is -0.427 e. The maximum absolute atomic E-state index is 12.7. The van der Waals surface area contributed by atoms with Gasteiger partial charge < -0.3 is 13.9 Å². The molecule has 0 aliphatic rings. The number of nitrogens with zero attached hydrogens (tertiary/aromatic N) is 1. The van der Waals surface area contributed by atoms with E-state index < -0.39 is 17.6 Å². The van der Waals surface area contributed by atoms with Crippen LogP contribution in [-0.2, 0) is 9.59 Å².